The van der Waals surface area contributed by atoms with E-state index in [-0.39, 0.29) is 11.2 Å². The van der Waals surface area contributed by atoms with Crippen LogP contribution in [0.25, 0.3) is 0 Å². The summed E-state index contributed by atoms with van der Waals surface area (Å²) in [7, 11) is 1.62. The first kappa shape index (κ1) is 24.6. The Morgan fingerprint density at radius 2 is 1.76 bits per heavy atom. The number of hydrogen-bond donors (Lipinski definition) is 3. The molecule has 1 unspecified atom stereocenters. The first-order chi connectivity index (χ1) is 15.9. The Morgan fingerprint density at radius 1 is 0.970 bits per heavy atom. The molecule has 33 heavy (non-hydrogen) atoms. The molecule has 0 aliphatic rings. The lowest BCUT2D eigenvalue weighted by Crippen LogP contribution is -2.25. The summed E-state index contributed by atoms with van der Waals surface area (Å²) in [5.74, 6) is 0.717. The number of thioether (sulfide) groups is 1. The third kappa shape index (κ3) is 6.97. The number of thiocarbonyl (C=S) groups is 1. The molecule has 1 amide bonds. The first-order valence-electron chi connectivity index (χ1n) is 10.8. The molecule has 7 heteroatoms. The van der Waals surface area contributed by atoms with Crippen molar-refractivity contribution in [3.05, 3.63) is 77.9 Å². The van der Waals surface area contributed by atoms with Gasteiger partial charge in [0.2, 0.25) is 5.91 Å². The summed E-state index contributed by atoms with van der Waals surface area (Å²) in [4.78, 5) is 13.9. The SMILES string of the molecule is CCC(Sc1cccc(NC(=S)Nc2ccccc2OC)c1)C(=O)Nc1cc(C)ccc1C. The smallest absolute Gasteiger partial charge is 0.237 e. The van der Waals surface area contributed by atoms with E-state index in [0.29, 0.717) is 17.3 Å². The highest BCUT2D eigenvalue weighted by Gasteiger charge is 2.19. The van der Waals surface area contributed by atoms with E-state index in [1.54, 1.807) is 18.9 Å². The Hall–Kier alpha value is -3.03. The van der Waals surface area contributed by atoms with Crippen molar-refractivity contribution in [1.82, 2.24) is 0 Å². The van der Waals surface area contributed by atoms with Gasteiger partial charge >= 0.3 is 0 Å². The Kier molecular flexibility index (Phi) is 8.74. The lowest BCUT2D eigenvalue weighted by atomic mass is 10.1. The summed E-state index contributed by atoms with van der Waals surface area (Å²) < 4.78 is 5.36. The third-order valence-electron chi connectivity index (χ3n) is 5.04. The number of carbonyl (C=O) groups is 1. The molecule has 3 rings (SSSR count). The lowest BCUT2D eigenvalue weighted by Gasteiger charge is -2.17. The summed E-state index contributed by atoms with van der Waals surface area (Å²) in [5, 5.41) is 9.71. The zero-order valence-electron chi connectivity index (χ0n) is 19.3. The second kappa shape index (κ2) is 11.7. The van der Waals surface area contributed by atoms with Gasteiger partial charge in [-0.3, -0.25) is 4.79 Å². The number of methoxy groups -OCH3 is 1. The average molecular weight is 480 g/mol. The van der Waals surface area contributed by atoms with Gasteiger partial charge in [0.25, 0.3) is 0 Å². The van der Waals surface area contributed by atoms with Crippen molar-refractivity contribution in [3.8, 4) is 5.75 Å². The van der Waals surface area contributed by atoms with E-state index in [4.69, 9.17) is 17.0 Å². The van der Waals surface area contributed by atoms with Crippen molar-refractivity contribution in [3.63, 3.8) is 0 Å². The van der Waals surface area contributed by atoms with Crippen molar-refractivity contribution in [2.75, 3.05) is 23.1 Å². The van der Waals surface area contributed by atoms with Gasteiger partial charge in [0.05, 0.1) is 18.0 Å². The summed E-state index contributed by atoms with van der Waals surface area (Å²) in [6.07, 6.45) is 0.715. The number of carbonyl (C=O) groups excluding carboxylic acids is 1. The van der Waals surface area contributed by atoms with Gasteiger partial charge < -0.3 is 20.7 Å². The van der Waals surface area contributed by atoms with Crippen LogP contribution in [0, 0.1) is 13.8 Å². The Balaban J connectivity index is 1.64. The summed E-state index contributed by atoms with van der Waals surface area (Å²) >= 11 is 7.01. The van der Waals surface area contributed by atoms with Crippen LogP contribution in [-0.2, 0) is 4.79 Å². The minimum absolute atomic E-state index is 0.00271. The van der Waals surface area contributed by atoms with Crippen LogP contribution >= 0.6 is 24.0 Å². The molecule has 0 aromatic heterocycles. The Morgan fingerprint density at radius 3 is 2.52 bits per heavy atom. The molecule has 0 heterocycles. The van der Waals surface area contributed by atoms with Crippen molar-refractivity contribution < 1.29 is 9.53 Å². The Bertz CT molecular complexity index is 1130. The van der Waals surface area contributed by atoms with Gasteiger partial charge in [-0.2, -0.15) is 0 Å². The van der Waals surface area contributed by atoms with Crippen molar-refractivity contribution >= 4 is 52.1 Å². The maximum Gasteiger partial charge on any atom is 0.237 e. The van der Waals surface area contributed by atoms with Crippen LogP contribution in [0.4, 0.5) is 17.1 Å². The minimum Gasteiger partial charge on any atom is -0.495 e. The molecule has 0 saturated carbocycles. The fourth-order valence-electron chi connectivity index (χ4n) is 3.25. The van der Waals surface area contributed by atoms with E-state index in [9.17, 15) is 4.79 Å². The third-order valence-corrected chi connectivity index (χ3v) is 6.60. The van der Waals surface area contributed by atoms with E-state index in [1.165, 1.54) is 0 Å². The molecule has 0 aliphatic heterocycles. The molecule has 3 aromatic carbocycles. The maximum absolute atomic E-state index is 12.9. The highest BCUT2D eigenvalue weighted by molar-refractivity contribution is 8.00. The molecular weight excluding hydrogens is 450 g/mol. The molecule has 1 atom stereocenters. The summed E-state index contributed by atoms with van der Waals surface area (Å²) in [6, 6.07) is 21.6. The van der Waals surface area contributed by atoms with Gasteiger partial charge in [0.15, 0.2) is 5.11 Å². The van der Waals surface area contributed by atoms with Gasteiger partial charge in [-0.15, -0.1) is 11.8 Å². The molecule has 0 bridgehead atoms. The van der Waals surface area contributed by atoms with Crippen LogP contribution in [0.15, 0.2) is 71.6 Å². The van der Waals surface area contributed by atoms with Crippen LogP contribution in [0.2, 0.25) is 0 Å². The van der Waals surface area contributed by atoms with E-state index >= 15 is 0 Å². The summed E-state index contributed by atoms with van der Waals surface area (Å²) in [6.45, 7) is 6.04. The molecule has 172 valence electrons. The number of anilines is 3. The normalized spacial score (nSPS) is 11.4. The molecule has 0 aliphatic carbocycles. The molecular formula is C26H29N3O2S2. The van der Waals surface area contributed by atoms with Crippen molar-refractivity contribution in [1.29, 1.82) is 0 Å². The van der Waals surface area contributed by atoms with Crippen molar-refractivity contribution in [2.24, 2.45) is 0 Å². The number of benzene rings is 3. The van der Waals surface area contributed by atoms with Gasteiger partial charge in [0.1, 0.15) is 5.75 Å². The van der Waals surface area contributed by atoms with Gasteiger partial charge in [-0.1, -0.05) is 37.3 Å². The van der Waals surface area contributed by atoms with Crippen LogP contribution in [0.1, 0.15) is 24.5 Å². The second-order valence-corrected chi connectivity index (χ2v) is 9.31. The van der Waals surface area contributed by atoms with Gasteiger partial charge in [-0.25, -0.2) is 0 Å². The monoisotopic (exact) mass is 479 g/mol. The molecule has 3 aromatic rings. The number of ether oxygens (including phenoxy) is 1. The van der Waals surface area contributed by atoms with E-state index < -0.39 is 0 Å². The number of hydrogen-bond acceptors (Lipinski definition) is 4. The zero-order chi connectivity index (χ0) is 23.8. The lowest BCUT2D eigenvalue weighted by molar-refractivity contribution is -0.115. The van der Waals surface area contributed by atoms with Gasteiger partial charge in [-0.05, 0) is 80.0 Å². The fourth-order valence-corrected chi connectivity index (χ4v) is 4.49. The molecule has 0 spiro atoms. The van der Waals surface area contributed by atoms with Crippen LogP contribution in [0.3, 0.4) is 0 Å². The fraction of sp³-hybridized carbons (Fsp3) is 0.231. The molecule has 5 nitrogen and oxygen atoms in total. The molecule has 0 fully saturated rings. The molecule has 0 radical (unpaired) electrons. The van der Waals surface area contributed by atoms with Crippen LogP contribution in [-0.4, -0.2) is 23.4 Å². The zero-order valence-corrected chi connectivity index (χ0v) is 20.9. The van der Waals surface area contributed by atoms with E-state index in [1.807, 2.05) is 87.5 Å². The highest BCUT2D eigenvalue weighted by atomic mass is 32.2. The van der Waals surface area contributed by atoms with Crippen LogP contribution in [0.5, 0.6) is 5.75 Å². The quantitative estimate of drug-likeness (QED) is 0.249. The average Bonchev–Trinajstić information content (AvgIpc) is 2.80. The number of amides is 1. The number of aryl methyl sites for hydroxylation is 2. The maximum atomic E-state index is 12.9. The standard InChI is InChI=1S/C26H29N3O2S2/c1-5-24(25(30)28-22-15-17(2)13-14-18(22)3)33-20-10-8-9-19(16-20)27-26(32)29-21-11-6-7-12-23(21)31-4/h6-16,24H,5H2,1-4H3,(H,28,30)(H2,27,29,32). The number of para-hydroxylation sites is 2. The highest BCUT2D eigenvalue weighted by Crippen LogP contribution is 2.29. The van der Waals surface area contributed by atoms with E-state index in [2.05, 4.69) is 16.0 Å². The first-order valence-corrected chi connectivity index (χ1v) is 12.0. The summed E-state index contributed by atoms with van der Waals surface area (Å²) in [5.41, 5.74) is 4.67. The predicted octanol–water partition coefficient (Wildman–Crippen LogP) is 6.63. The predicted molar refractivity (Wildman–Crippen MR) is 144 cm³/mol. The largest absolute Gasteiger partial charge is 0.495 e. The van der Waals surface area contributed by atoms with Crippen molar-refractivity contribution in [2.45, 2.75) is 37.3 Å². The topological polar surface area (TPSA) is 62.4 Å². The second-order valence-electron chi connectivity index (χ2n) is 7.63. The number of nitrogens with one attached hydrogen (secondary N) is 3. The van der Waals surface area contributed by atoms with E-state index in [0.717, 1.165) is 33.1 Å². The number of rotatable bonds is 8. The van der Waals surface area contributed by atoms with Gasteiger partial charge in [0, 0.05) is 16.3 Å². The van der Waals surface area contributed by atoms with Crippen LogP contribution < -0.4 is 20.7 Å². The molecule has 3 N–H and O–H groups in total. The molecule has 0 saturated heterocycles. The Labute approximate surface area is 205 Å². The minimum atomic E-state index is -0.209.